The van der Waals surface area contributed by atoms with Crippen LogP contribution in [0.2, 0.25) is 0 Å². The fourth-order valence-corrected chi connectivity index (χ4v) is 5.61. The number of hydrogen-bond acceptors (Lipinski definition) is 3. The van der Waals surface area contributed by atoms with Crippen LogP contribution in [0.25, 0.3) is 0 Å². The monoisotopic (exact) mass is 326 g/mol. The molecule has 4 fully saturated rings. The van der Waals surface area contributed by atoms with Gasteiger partial charge in [-0.2, -0.15) is 0 Å². The Balaban J connectivity index is 1.66. The first kappa shape index (κ1) is 16.3. The van der Waals surface area contributed by atoms with E-state index in [1.165, 1.54) is 11.1 Å². The number of carbonyl (C=O) groups is 1. The maximum absolute atomic E-state index is 13.1. The Labute approximate surface area is 146 Å². The molecule has 0 radical (unpaired) electrons. The lowest BCUT2D eigenvalue weighted by Gasteiger charge is -2.65. The molecule has 0 saturated carbocycles. The quantitative estimate of drug-likeness (QED) is 0.840. The SMILES string of the molecule is CCCC12CN3CC(C)(CN(C1)C3c1ccc(C(C)C)cc1)C2=O. The molecular formula is C21H30N2O. The minimum atomic E-state index is -0.167. The van der Waals surface area contributed by atoms with Gasteiger partial charge in [0.05, 0.1) is 17.0 Å². The summed E-state index contributed by atoms with van der Waals surface area (Å²) in [6.45, 7) is 12.6. The Morgan fingerprint density at radius 1 is 1.08 bits per heavy atom. The highest BCUT2D eigenvalue weighted by atomic mass is 16.1. The molecule has 0 N–H and O–H groups in total. The second-order valence-corrected chi connectivity index (χ2v) is 8.93. The molecule has 2 atom stereocenters. The maximum Gasteiger partial charge on any atom is 0.150 e. The van der Waals surface area contributed by atoms with Crippen LogP contribution in [0.4, 0.5) is 0 Å². The van der Waals surface area contributed by atoms with Gasteiger partial charge in [0.25, 0.3) is 0 Å². The third-order valence-corrected chi connectivity index (χ3v) is 6.47. The van der Waals surface area contributed by atoms with Crippen LogP contribution in [-0.2, 0) is 4.79 Å². The average molecular weight is 326 g/mol. The largest absolute Gasteiger partial charge is 0.298 e. The van der Waals surface area contributed by atoms with Crippen LogP contribution in [0.15, 0.2) is 24.3 Å². The van der Waals surface area contributed by atoms with Crippen molar-refractivity contribution in [2.45, 2.75) is 52.6 Å². The lowest BCUT2D eigenvalue weighted by atomic mass is 9.59. The molecule has 4 heterocycles. The number of benzene rings is 1. The maximum atomic E-state index is 13.1. The number of piperidine rings is 2. The molecule has 4 aliphatic heterocycles. The van der Waals surface area contributed by atoms with E-state index in [9.17, 15) is 4.79 Å². The highest BCUT2D eigenvalue weighted by Gasteiger charge is 2.63. The molecule has 0 amide bonds. The van der Waals surface area contributed by atoms with Crippen molar-refractivity contribution in [1.82, 2.24) is 9.80 Å². The van der Waals surface area contributed by atoms with E-state index in [4.69, 9.17) is 0 Å². The number of ketones is 1. The van der Waals surface area contributed by atoms with Gasteiger partial charge in [-0.15, -0.1) is 0 Å². The molecule has 4 saturated heterocycles. The highest BCUT2D eigenvalue weighted by Crippen LogP contribution is 2.53. The third kappa shape index (κ3) is 2.21. The zero-order valence-corrected chi connectivity index (χ0v) is 15.5. The molecular weight excluding hydrogens is 296 g/mol. The molecule has 1 aromatic carbocycles. The van der Waals surface area contributed by atoms with E-state index in [1.54, 1.807) is 0 Å². The first-order valence-corrected chi connectivity index (χ1v) is 9.51. The van der Waals surface area contributed by atoms with Crippen LogP contribution in [-0.4, -0.2) is 41.8 Å². The summed E-state index contributed by atoms with van der Waals surface area (Å²) in [4.78, 5) is 18.3. The summed E-state index contributed by atoms with van der Waals surface area (Å²) in [5.74, 6) is 1.11. The van der Waals surface area contributed by atoms with Gasteiger partial charge in [0, 0.05) is 26.2 Å². The van der Waals surface area contributed by atoms with Gasteiger partial charge in [0.2, 0.25) is 0 Å². The summed E-state index contributed by atoms with van der Waals surface area (Å²) in [5.41, 5.74) is 2.51. The minimum absolute atomic E-state index is 0.117. The smallest absolute Gasteiger partial charge is 0.150 e. The first-order chi connectivity index (χ1) is 11.4. The number of rotatable bonds is 4. The Hall–Kier alpha value is -1.19. The van der Waals surface area contributed by atoms with Crippen molar-refractivity contribution in [3.8, 4) is 0 Å². The molecule has 5 rings (SSSR count). The normalized spacial score (nSPS) is 40.5. The molecule has 2 unspecified atom stereocenters. The van der Waals surface area contributed by atoms with Crippen molar-refractivity contribution in [3.63, 3.8) is 0 Å². The second kappa shape index (κ2) is 5.40. The summed E-state index contributed by atoms with van der Waals surface area (Å²) in [6, 6.07) is 9.17. The number of nitrogens with zero attached hydrogens (tertiary/aromatic N) is 2. The minimum Gasteiger partial charge on any atom is -0.298 e. The van der Waals surface area contributed by atoms with Gasteiger partial charge in [-0.25, -0.2) is 0 Å². The van der Waals surface area contributed by atoms with Gasteiger partial charge in [0.15, 0.2) is 0 Å². The molecule has 1 aromatic rings. The first-order valence-electron chi connectivity index (χ1n) is 9.51. The van der Waals surface area contributed by atoms with Crippen LogP contribution in [0.3, 0.4) is 0 Å². The molecule has 24 heavy (non-hydrogen) atoms. The number of carbonyl (C=O) groups excluding carboxylic acids is 1. The Kier molecular flexibility index (Phi) is 3.67. The number of hydrogen-bond donors (Lipinski definition) is 0. The van der Waals surface area contributed by atoms with Crippen molar-refractivity contribution in [2.24, 2.45) is 10.8 Å². The van der Waals surface area contributed by atoms with E-state index in [-0.39, 0.29) is 10.8 Å². The van der Waals surface area contributed by atoms with E-state index >= 15 is 0 Å². The van der Waals surface area contributed by atoms with E-state index in [2.05, 4.69) is 61.8 Å². The lowest BCUT2D eigenvalue weighted by molar-refractivity contribution is -0.201. The molecule has 3 nitrogen and oxygen atoms in total. The van der Waals surface area contributed by atoms with Crippen molar-refractivity contribution >= 4 is 5.78 Å². The molecule has 0 aliphatic carbocycles. The summed E-state index contributed by atoms with van der Waals surface area (Å²) in [6.07, 6.45) is 2.49. The third-order valence-electron chi connectivity index (χ3n) is 6.47. The summed E-state index contributed by atoms with van der Waals surface area (Å²) < 4.78 is 0. The van der Waals surface area contributed by atoms with Crippen LogP contribution in [0.5, 0.6) is 0 Å². The van der Waals surface area contributed by atoms with Gasteiger partial charge in [0.1, 0.15) is 5.78 Å². The van der Waals surface area contributed by atoms with Gasteiger partial charge < -0.3 is 0 Å². The fourth-order valence-electron chi connectivity index (χ4n) is 5.61. The molecule has 3 heteroatoms. The Bertz CT molecular complexity index is 632. The summed E-state index contributed by atoms with van der Waals surface area (Å²) in [7, 11) is 0. The topological polar surface area (TPSA) is 23.6 Å². The Morgan fingerprint density at radius 2 is 1.67 bits per heavy atom. The van der Waals surface area contributed by atoms with Gasteiger partial charge >= 0.3 is 0 Å². The zero-order chi connectivity index (χ0) is 17.1. The predicted molar refractivity (Wildman–Crippen MR) is 96.9 cm³/mol. The summed E-state index contributed by atoms with van der Waals surface area (Å²) in [5, 5.41) is 0. The number of Topliss-reactive ketones (excluding diaryl/α,β-unsaturated/α-hetero) is 1. The molecule has 130 valence electrons. The van der Waals surface area contributed by atoms with Crippen LogP contribution in [0.1, 0.15) is 63.7 Å². The molecule has 4 bridgehead atoms. The van der Waals surface area contributed by atoms with Gasteiger partial charge in [-0.05, 0) is 23.5 Å². The second-order valence-electron chi connectivity index (χ2n) is 8.93. The van der Waals surface area contributed by atoms with Crippen molar-refractivity contribution in [1.29, 1.82) is 0 Å². The lowest BCUT2D eigenvalue weighted by Crippen LogP contribution is -2.76. The van der Waals surface area contributed by atoms with E-state index in [0.717, 1.165) is 39.0 Å². The van der Waals surface area contributed by atoms with Gasteiger partial charge in [-0.1, -0.05) is 58.4 Å². The average Bonchev–Trinajstić information content (AvgIpc) is 2.52. The van der Waals surface area contributed by atoms with Crippen molar-refractivity contribution < 1.29 is 4.79 Å². The van der Waals surface area contributed by atoms with Crippen molar-refractivity contribution in [2.75, 3.05) is 26.2 Å². The molecule has 0 aromatic heterocycles. The van der Waals surface area contributed by atoms with E-state index in [1.807, 2.05) is 0 Å². The van der Waals surface area contributed by atoms with E-state index in [0.29, 0.717) is 17.9 Å². The van der Waals surface area contributed by atoms with Crippen molar-refractivity contribution in [3.05, 3.63) is 35.4 Å². The summed E-state index contributed by atoms with van der Waals surface area (Å²) >= 11 is 0. The zero-order valence-electron chi connectivity index (χ0n) is 15.5. The fraction of sp³-hybridized carbons (Fsp3) is 0.667. The molecule has 4 aliphatic rings. The predicted octanol–water partition coefficient (Wildman–Crippen LogP) is 3.82. The Morgan fingerprint density at radius 3 is 2.17 bits per heavy atom. The van der Waals surface area contributed by atoms with Gasteiger partial charge in [-0.3, -0.25) is 14.6 Å². The highest BCUT2D eigenvalue weighted by molar-refractivity contribution is 5.93. The molecule has 0 spiro atoms. The van der Waals surface area contributed by atoms with Crippen LogP contribution < -0.4 is 0 Å². The standard InChI is InChI=1S/C21H30N2O/c1-5-10-21-13-22-11-20(4,19(21)24)12-23(14-21)18(22)17-8-6-16(7-9-17)15(2)3/h6-9,15,18H,5,10-14H2,1-4H3. The van der Waals surface area contributed by atoms with Crippen LogP contribution >= 0.6 is 0 Å². The van der Waals surface area contributed by atoms with Crippen LogP contribution in [0, 0.1) is 10.8 Å². The van der Waals surface area contributed by atoms with E-state index < -0.39 is 0 Å².